The number of rotatable bonds is 5. The minimum atomic E-state index is -2.88. The van der Waals surface area contributed by atoms with Crippen LogP contribution in [-0.4, -0.2) is 30.2 Å². The Kier molecular flexibility index (Phi) is 11.2. The van der Waals surface area contributed by atoms with Crippen LogP contribution in [0.2, 0.25) is 10.0 Å². The highest BCUT2D eigenvalue weighted by Gasteiger charge is 2.62. The number of esters is 1. The summed E-state index contributed by atoms with van der Waals surface area (Å²) >= 11 is 16.6. The van der Waals surface area contributed by atoms with Crippen LogP contribution in [0, 0.1) is 0 Å². The maximum absolute atomic E-state index is 13.4. The molecule has 0 radical (unpaired) electrons. The number of halogens is 5. The summed E-state index contributed by atoms with van der Waals surface area (Å²) in [5.74, 6) is -3.91. The molecule has 202 valence electrons. The lowest BCUT2D eigenvalue weighted by Crippen LogP contribution is -2.54. The van der Waals surface area contributed by atoms with Crippen molar-refractivity contribution in [3.63, 3.8) is 0 Å². The summed E-state index contributed by atoms with van der Waals surface area (Å²) in [5, 5.41) is 3.18. The van der Waals surface area contributed by atoms with Gasteiger partial charge in [-0.1, -0.05) is 61.3 Å². The van der Waals surface area contributed by atoms with E-state index in [1.165, 1.54) is 19.2 Å². The largest absolute Gasteiger partial charge is 0.468 e. The van der Waals surface area contributed by atoms with Crippen molar-refractivity contribution in [2.45, 2.75) is 38.0 Å². The molecule has 38 heavy (non-hydrogen) atoms. The summed E-state index contributed by atoms with van der Waals surface area (Å²) < 4.78 is 31.5. The van der Waals surface area contributed by atoms with Gasteiger partial charge in [-0.05, 0) is 65.7 Å². The lowest BCUT2D eigenvalue weighted by Gasteiger charge is -2.45. The Labute approximate surface area is 235 Å². The Morgan fingerprint density at radius 3 is 1.76 bits per heavy atom. The molecule has 1 aliphatic rings. The van der Waals surface area contributed by atoms with Gasteiger partial charge in [-0.2, -0.15) is 0 Å². The zero-order chi connectivity index (χ0) is 28.5. The molecule has 0 aromatic heterocycles. The van der Waals surface area contributed by atoms with E-state index in [1.54, 1.807) is 60.7 Å². The minimum absolute atomic E-state index is 0.349. The summed E-state index contributed by atoms with van der Waals surface area (Å²) in [5.41, 5.74) is 0.398. The molecule has 0 heterocycles. The molecule has 0 unspecified atom stereocenters. The van der Waals surface area contributed by atoms with Crippen molar-refractivity contribution >= 4 is 57.6 Å². The van der Waals surface area contributed by atoms with Crippen LogP contribution in [-0.2, 0) is 14.9 Å². The molecular formula is C28H26Cl3F2NO4. The molecule has 1 fully saturated rings. The summed E-state index contributed by atoms with van der Waals surface area (Å²) in [6, 6.07) is 19.2. The van der Waals surface area contributed by atoms with Crippen LogP contribution < -0.4 is 5.32 Å². The minimum Gasteiger partial charge on any atom is -0.468 e. The lowest BCUT2D eigenvalue weighted by atomic mass is 9.62. The van der Waals surface area contributed by atoms with E-state index in [0.29, 0.717) is 32.4 Å². The molecular weight excluding hydrogens is 559 g/mol. The molecule has 3 aromatic carbocycles. The first kappa shape index (κ1) is 31.2. The Morgan fingerprint density at radius 1 is 0.842 bits per heavy atom. The molecule has 0 saturated heterocycles. The molecule has 1 saturated carbocycles. The number of carbonyl (C=O) groups excluding carboxylic acids is 3. The van der Waals surface area contributed by atoms with Crippen LogP contribution in [0.5, 0.6) is 0 Å². The number of ether oxygens (including phenoxy) is 1. The molecule has 0 bridgehead atoms. The fourth-order valence-corrected chi connectivity index (χ4v) is 4.31. The molecule has 1 amide bonds. The van der Waals surface area contributed by atoms with Gasteiger partial charge < -0.3 is 10.1 Å². The van der Waals surface area contributed by atoms with Crippen molar-refractivity contribution < 1.29 is 27.9 Å². The maximum atomic E-state index is 13.4. The van der Waals surface area contributed by atoms with Crippen LogP contribution in [0.25, 0.3) is 0 Å². The van der Waals surface area contributed by atoms with Gasteiger partial charge in [0.05, 0.1) is 7.11 Å². The van der Waals surface area contributed by atoms with Crippen molar-refractivity contribution in [3.05, 3.63) is 99.5 Å². The molecule has 4 rings (SSSR count). The highest BCUT2D eigenvalue weighted by atomic mass is 35.5. The quantitative estimate of drug-likeness (QED) is 0.242. The number of amides is 1. The van der Waals surface area contributed by atoms with Crippen LogP contribution in [0.3, 0.4) is 0 Å². The third kappa shape index (κ3) is 8.00. The van der Waals surface area contributed by atoms with Gasteiger partial charge in [0.1, 0.15) is 5.41 Å². The first-order chi connectivity index (χ1) is 18.0. The number of anilines is 1. The predicted molar refractivity (Wildman–Crippen MR) is 147 cm³/mol. The standard InChI is InChI=1S/C19H16ClF2NO3.C7H4Cl2O.C2H6/c1-26-17(25)18(10-19(21,22)11-18)13-5-7-15(8-6-13)23-16(24)12-3-2-4-14(20)9-12;8-6-3-1-2-5(4-6)7(9)10;1-2/h2-9H,10-11H2,1H3,(H,23,24);1-4H;1-2H3. The van der Waals surface area contributed by atoms with Crippen LogP contribution in [0.15, 0.2) is 72.8 Å². The number of benzene rings is 3. The maximum Gasteiger partial charge on any atom is 0.316 e. The number of alkyl halides is 2. The van der Waals surface area contributed by atoms with Crippen LogP contribution in [0.4, 0.5) is 14.5 Å². The summed E-state index contributed by atoms with van der Waals surface area (Å²) in [4.78, 5) is 34.8. The third-order valence-corrected chi connectivity index (χ3v) is 6.22. The number of nitrogens with one attached hydrogen (secondary N) is 1. The van der Waals surface area contributed by atoms with E-state index >= 15 is 0 Å². The number of hydrogen-bond acceptors (Lipinski definition) is 4. The van der Waals surface area contributed by atoms with E-state index in [1.807, 2.05) is 13.8 Å². The van der Waals surface area contributed by atoms with Crippen molar-refractivity contribution in [1.29, 1.82) is 0 Å². The predicted octanol–water partition coefficient (Wildman–Crippen LogP) is 8.18. The molecule has 10 heteroatoms. The number of carbonyl (C=O) groups is 3. The zero-order valence-electron chi connectivity index (χ0n) is 20.9. The van der Waals surface area contributed by atoms with Gasteiger partial charge in [0.2, 0.25) is 0 Å². The molecule has 3 aromatic rings. The molecule has 0 spiro atoms. The molecule has 1 aliphatic carbocycles. The number of hydrogen-bond donors (Lipinski definition) is 1. The van der Waals surface area contributed by atoms with Gasteiger partial charge in [-0.3, -0.25) is 14.4 Å². The fourth-order valence-electron chi connectivity index (χ4n) is 3.81. The second-order valence-corrected chi connectivity index (χ2v) is 9.33. The SMILES string of the molecule is CC.COC(=O)C1(c2ccc(NC(=O)c3cccc(Cl)c3)cc2)CC(F)(F)C1.O=C(Cl)c1cccc(Cl)c1. The van der Waals surface area contributed by atoms with E-state index in [4.69, 9.17) is 39.5 Å². The summed E-state index contributed by atoms with van der Waals surface area (Å²) in [6.45, 7) is 4.00. The van der Waals surface area contributed by atoms with Crippen LogP contribution >= 0.6 is 34.8 Å². The lowest BCUT2D eigenvalue weighted by molar-refractivity contribution is -0.177. The van der Waals surface area contributed by atoms with Gasteiger partial charge in [0.15, 0.2) is 0 Å². The second kappa shape index (κ2) is 13.7. The van der Waals surface area contributed by atoms with E-state index < -0.39 is 35.4 Å². The molecule has 0 atom stereocenters. The highest BCUT2D eigenvalue weighted by molar-refractivity contribution is 6.67. The van der Waals surface area contributed by atoms with Gasteiger partial charge in [-0.15, -0.1) is 0 Å². The van der Waals surface area contributed by atoms with E-state index in [-0.39, 0.29) is 5.91 Å². The molecule has 5 nitrogen and oxygen atoms in total. The average molecular weight is 585 g/mol. The van der Waals surface area contributed by atoms with E-state index in [2.05, 4.69) is 5.32 Å². The summed E-state index contributed by atoms with van der Waals surface area (Å²) in [6.07, 6.45) is -1.16. The molecule has 0 aliphatic heterocycles. The average Bonchev–Trinajstić information content (AvgIpc) is 2.88. The van der Waals surface area contributed by atoms with Crippen LogP contribution in [0.1, 0.15) is 53.0 Å². The normalized spacial score (nSPS) is 14.3. The second-order valence-electron chi connectivity index (χ2n) is 8.11. The van der Waals surface area contributed by atoms with E-state index in [0.717, 1.165) is 0 Å². The third-order valence-electron chi connectivity index (χ3n) is 5.53. The Balaban J connectivity index is 0.000000353. The summed E-state index contributed by atoms with van der Waals surface area (Å²) in [7, 11) is 1.18. The Hall–Kier alpha value is -3.00. The van der Waals surface area contributed by atoms with E-state index in [9.17, 15) is 23.2 Å². The first-order valence-electron chi connectivity index (χ1n) is 11.5. The highest BCUT2D eigenvalue weighted by Crippen LogP contribution is 2.54. The molecule has 1 N–H and O–H groups in total. The van der Waals surface area contributed by atoms with Gasteiger partial charge in [0.25, 0.3) is 17.1 Å². The topological polar surface area (TPSA) is 72.5 Å². The fraction of sp³-hybridized carbons (Fsp3) is 0.250. The zero-order valence-corrected chi connectivity index (χ0v) is 23.1. The van der Waals surface area contributed by atoms with Crippen molar-refractivity contribution in [1.82, 2.24) is 0 Å². The van der Waals surface area contributed by atoms with Gasteiger partial charge in [0, 0.05) is 39.7 Å². The van der Waals surface area contributed by atoms with Gasteiger partial charge in [-0.25, -0.2) is 8.78 Å². The Bertz CT molecular complexity index is 1280. The van der Waals surface area contributed by atoms with Crippen molar-refractivity contribution in [3.8, 4) is 0 Å². The van der Waals surface area contributed by atoms with Gasteiger partial charge >= 0.3 is 5.97 Å². The number of methoxy groups -OCH3 is 1. The first-order valence-corrected chi connectivity index (χ1v) is 12.7. The van der Waals surface area contributed by atoms with Crippen molar-refractivity contribution in [2.75, 3.05) is 12.4 Å². The monoisotopic (exact) mass is 583 g/mol. The Morgan fingerprint density at radius 2 is 1.34 bits per heavy atom. The smallest absolute Gasteiger partial charge is 0.316 e. The van der Waals surface area contributed by atoms with Crippen molar-refractivity contribution in [2.24, 2.45) is 0 Å².